The average Bonchev–Trinajstić information content (AvgIpc) is 2.70. The largest absolute Gasteiger partial charge is 0.493 e. The van der Waals surface area contributed by atoms with Gasteiger partial charge in [-0.3, -0.25) is 20.4 Å². The van der Waals surface area contributed by atoms with Gasteiger partial charge in [0.05, 0.1) is 13.2 Å². The minimum Gasteiger partial charge on any atom is -0.493 e. The van der Waals surface area contributed by atoms with E-state index in [0.29, 0.717) is 22.8 Å². The Balaban J connectivity index is 1.86. The van der Waals surface area contributed by atoms with Crippen LogP contribution in [-0.2, 0) is 10.2 Å². The fourth-order valence-corrected chi connectivity index (χ4v) is 2.59. The van der Waals surface area contributed by atoms with Gasteiger partial charge in [-0.2, -0.15) is 0 Å². The second-order valence-electron chi connectivity index (χ2n) is 8.10. The molecule has 0 unspecified atom stereocenters. The minimum absolute atomic E-state index is 0.0254. The highest BCUT2D eigenvalue weighted by molar-refractivity contribution is 5.96. The molecule has 0 aliphatic carbocycles. The normalized spacial score (nSPS) is 11.0. The maximum Gasteiger partial charge on any atom is 0.276 e. The van der Waals surface area contributed by atoms with E-state index in [1.165, 1.54) is 12.7 Å². The molecule has 0 aromatic heterocycles. The van der Waals surface area contributed by atoms with Crippen LogP contribution in [0.15, 0.2) is 42.5 Å². The van der Waals surface area contributed by atoms with Gasteiger partial charge in [-0.1, -0.05) is 32.9 Å². The van der Waals surface area contributed by atoms with Crippen LogP contribution in [0.1, 0.15) is 50.5 Å². The van der Waals surface area contributed by atoms with Gasteiger partial charge in [-0.25, -0.2) is 0 Å². The average molecular weight is 415 g/mol. The second kappa shape index (κ2) is 10.0. The third-order valence-corrected chi connectivity index (χ3v) is 4.19. The van der Waals surface area contributed by atoms with Crippen molar-refractivity contribution >= 4 is 11.8 Å². The standard InChI is InChI=1S/C23H30N2O5/c1-15(2)30-19-12-7-16(13-20(19)28-6)22(27)25-24-21(26)14-29-18-10-8-17(9-11-18)23(3,4)5/h7-13,15H,14H2,1-6H3,(H,24,26)(H,25,27). The quantitative estimate of drug-likeness (QED) is 0.676. The number of amides is 2. The smallest absolute Gasteiger partial charge is 0.276 e. The minimum atomic E-state index is -0.479. The van der Waals surface area contributed by atoms with E-state index < -0.39 is 11.8 Å². The third kappa shape index (κ3) is 6.69. The van der Waals surface area contributed by atoms with Crippen molar-refractivity contribution in [3.05, 3.63) is 53.6 Å². The van der Waals surface area contributed by atoms with Crippen LogP contribution in [0.25, 0.3) is 0 Å². The maximum atomic E-state index is 12.3. The molecular formula is C23H30N2O5. The van der Waals surface area contributed by atoms with E-state index in [9.17, 15) is 9.59 Å². The van der Waals surface area contributed by atoms with E-state index in [0.717, 1.165) is 0 Å². The van der Waals surface area contributed by atoms with Crippen LogP contribution >= 0.6 is 0 Å². The highest BCUT2D eigenvalue weighted by atomic mass is 16.5. The summed E-state index contributed by atoms with van der Waals surface area (Å²) in [6, 6.07) is 12.4. The van der Waals surface area contributed by atoms with Gasteiger partial charge in [0.25, 0.3) is 11.8 Å². The lowest BCUT2D eigenvalue weighted by atomic mass is 9.87. The molecule has 30 heavy (non-hydrogen) atoms. The summed E-state index contributed by atoms with van der Waals surface area (Å²) in [5.41, 5.74) is 6.23. The number of hydrazine groups is 1. The van der Waals surface area contributed by atoms with Gasteiger partial charge in [-0.15, -0.1) is 0 Å². The van der Waals surface area contributed by atoms with E-state index >= 15 is 0 Å². The van der Waals surface area contributed by atoms with Gasteiger partial charge < -0.3 is 14.2 Å². The molecule has 0 spiro atoms. The molecule has 0 aliphatic rings. The summed E-state index contributed by atoms with van der Waals surface area (Å²) in [4.78, 5) is 24.3. The summed E-state index contributed by atoms with van der Waals surface area (Å²) >= 11 is 0. The molecule has 2 N–H and O–H groups in total. The van der Waals surface area contributed by atoms with Crippen LogP contribution in [-0.4, -0.2) is 31.6 Å². The molecule has 2 amide bonds. The van der Waals surface area contributed by atoms with Crippen molar-refractivity contribution in [3.8, 4) is 17.2 Å². The number of methoxy groups -OCH3 is 1. The Labute approximate surface area is 177 Å². The lowest BCUT2D eigenvalue weighted by molar-refractivity contribution is -0.123. The van der Waals surface area contributed by atoms with Crippen LogP contribution < -0.4 is 25.1 Å². The Morgan fingerprint density at radius 2 is 1.63 bits per heavy atom. The molecule has 0 saturated carbocycles. The highest BCUT2D eigenvalue weighted by Gasteiger charge is 2.14. The molecule has 7 nitrogen and oxygen atoms in total. The topological polar surface area (TPSA) is 85.9 Å². The van der Waals surface area contributed by atoms with Crippen molar-refractivity contribution in [2.24, 2.45) is 0 Å². The first kappa shape index (κ1) is 23.1. The Morgan fingerprint density at radius 3 is 2.20 bits per heavy atom. The van der Waals surface area contributed by atoms with Crippen molar-refractivity contribution in [2.45, 2.75) is 46.1 Å². The fourth-order valence-electron chi connectivity index (χ4n) is 2.59. The van der Waals surface area contributed by atoms with E-state index in [1.54, 1.807) is 18.2 Å². The fraction of sp³-hybridized carbons (Fsp3) is 0.391. The van der Waals surface area contributed by atoms with Crippen molar-refractivity contribution in [3.63, 3.8) is 0 Å². The molecule has 0 saturated heterocycles. The zero-order valence-electron chi connectivity index (χ0n) is 18.4. The molecule has 0 aliphatic heterocycles. The lowest BCUT2D eigenvalue weighted by Crippen LogP contribution is -2.43. The maximum absolute atomic E-state index is 12.3. The highest BCUT2D eigenvalue weighted by Crippen LogP contribution is 2.29. The molecule has 2 aromatic carbocycles. The van der Waals surface area contributed by atoms with E-state index in [4.69, 9.17) is 14.2 Å². The number of rotatable bonds is 7. The molecule has 0 heterocycles. The van der Waals surface area contributed by atoms with Gasteiger partial charge >= 0.3 is 0 Å². The van der Waals surface area contributed by atoms with Crippen LogP contribution in [0.5, 0.6) is 17.2 Å². The Bertz CT molecular complexity index is 870. The molecule has 162 valence electrons. The zero-order valence-corrected chi connectivity index (χ0v) is 18.4. The summed E-state index contributed by atoms with van der Waals surface area (Å²) in [5.74, 6) is 0.598. The summed E-state index contributed by atoms with van der Waals surface area (Å²) in [7, 11) is 1.50. The van der Waals surface area contributed by atoms with E-state index in [2.05, 4.69) is 31.6 Å². The monoisotopic (exact) mass is 414 g/mol. The number of hydrogen-bond donors (Lipinski definition) is 2. The predicted octanol–water partition coefficient (Wildman–Crippen LogP) is 3.62. The van der Waals surface area contributed by atoms with Crippen molar-refractivity contribution in [2.75, 3.05) is 13.7 Å². The SMILES string of the molecule is COc1cc(C(=O)NNC(=O)COc2ccc(C(C)(C)C)cc2)ccc1OC(C)C. The van der Waals surface area contributed by atoms with Gasteiger partial charge in [0, 0.05) is 5.56 Å². The van der Waals surface area contributed by atoms with E-state index in [1.807, 2.05) is 38.1 Å². The molecule has 0 bridgehead atoms. The Kier molecular flexibility index (Phi) is 7.69. The second-order valence-corrected chi connectivity index (χ2v) is 8.10. The van der Waals surface area contributed by atoms with Gasteiger partial charge in [0.1, 0.15) is 5.75 Å². The lowest BCUT2D eigenvalue weighted by Gasteiger charge is -2.19. The van der Waals surface area contributed by atoms with Crippen LogP contribution in [0, 0.1) is 0 Å². The van der Waals surface area contributed by atoms with Gasteiger partial charge in [-0.05, 0) is 55.2 Å². The third-order valence-electron chi connectivity index (χ3n) is 4.19. The first-order valence-electron chi connectivity index (χ1n) is 9.77. The van der Waals surface area contributed by atoms with Crippen LogP contribution in [0.2, 0.25) is 0 Å². The van der Waals surface area contributed by atoms with Crippen molar-refractivity contribution in [1.82, 2.24) is 10.9 Å². The summed E-state index contributed by atoms with van der Waals surface area (Å²) in [6.07, 6.45) is -0.0254. The zero-order chi connectivity index (χ0) is 22.3. The summed E-state index contributed by atoms with van der Waals surface area (Å²) in [6.45, 7) is 9.95. The number of ether oxygens (including phenoxy) is 3. The van der Waals surface area contributed by atoms with Crippen LogP contribution in [0.3, 0.4) is 0 Å². The molecule has 0 radical (unpaired) electrons. The summed E-state index contributed by atoms with van der Waals surface area (Å²) < 4.78 is 16.4. The number of carbonyl (C=O) groups excluding carboxylic acids is 2. The van der Waals surface area contributed by atoms with Gasteiger partial charge in [0.15, 0.2) is 18.1 Å². The molecule has 0 atom stereocenters. The molecule has 7 heteroatoms. The predicted molar refractivity (Wildman–Crippen MR) is 115 cm³/mol. The number of benzene rings is 2. The molecule has 2 rings (SSSR count). The first-order chi connectivity index (χ1) is 14.1. The van der Waals surface area contributed by atoms with Gasteiger partial charge in [0.2, 0.25) is 0 Å². The first-order valence-corrected chi connectivity index (χ1v) is 9.77. The number of carbonyl (C=O) groups is 2. The molecule has 2 aromatic rings. The van der Waals surface area contributed by atoms with E-state index in [-0.39, 0.29) is 18.1 Å². The van der Waals surface area contributed by atoms with Crippen molar-refractivity contribution in [1.29, 1.82) is 0 Å². The summed E-state index contributed by atoms with van der Waals surface area (Å²) in [5, 5.41) is 0. The van der Waals surface area contributed by atoms with Crippen LogP contribution in [0.4, 0.5) is 0 Å². The molecule has 0 fully saturated rings. The van der Waals surface area contributed by atoms with Crippen molar-refractivity contribution < 1.29 is 23.8 Å². The number of nitrogens with one attached hydrogen (secondary N) is 2. The molecular weight excluding hydrogens is 384 g/mol. The Morgan fingerprint density at radius 1 is 0.967 bits per heavy atom. The number of hydrogen-bond acceptors (Lipinski definition) is 5. The Hall–Kier alpha value is -3.22.